The van der Waals surface area contributed by atoms with Crippen molar-refractivity contribution in [2.45, 2.75) is 35.2 Å². The molecular weight excluding hydrogens is 821 g/mol. The van der Waals surface area contributed by atoms with Crippen LogP contribution in [-0.2, 0) is 35.2 Å². The van der Waals surface area contributed by atoms with Gasteiger partial charge in [-0.25, -0.2) is 0 Å². The molecule has 0 nitrogen and oxygen atoms in total. The summed E-state index contributed by atoms with van der Waals surface area (Å²) in [7, 11) is 7.74. The van der Waals surface area contributed by atoms with Gasteiger partial charge in [0.15, 0.2) is 0 Å². The average molecular weight is 865 g/mol. The fourth-order valence-corrected chi connectivity index (χ4v) is 13.1. The minimum Gasteiger partial charge on any atom is -0.157 e. The third-order valence-corrected chi connectivity index (χ3v) is 17.0. The van der Waals surface area contributed by atoms with Gasteiger partial charge in [0.25, 0.3) is 0 Å². The van der Waals surface area contributed by atoms with Gasteiger partial charge in [0.2, 0.25) is 0 Å². The van der Waals surface area contributed by atoms with Gasteiger partial charge in [-0.15, -0.1) is 0 Å². The van der Waals surface area contributed by atoms with E-state index < -0.39 is 0 Å². The van der Waals surface area contributed by atoms with Crippen molar-refractivity contribution in [2.24, 2.45) is 0 Å². The molecule has 35 rings (SSSR count). The Labute approximate surface area is 375 Å². The van der Waals surface area contributed by atoms with Crippen LogP contribution in [0.1, 0.15) is 33.4 Å². The average Bonchev–Trinajstić information content (AvgIpc) is 3.31. The Kier molecular flexibility index (Phi) is 12.3. The zero-order valence-corrected chi connectivity index (χ0v) is 37.4. The molecule has 0 atom stereocenters. The molecule has 60 heavy (non-hydrogen) atoms. The minimum absolute atomic E-state index is 0.972. The zero-order chi connectivity index (χ0) is 40.1. The second-order valence-corrected chi connectivity index (χ2v) is 21.7. The molecule has 0 amide bonds. The monoisotopic (exact) mass is 864 g/mol. The third kappa shape index (κ3) is 9.52. The van der Waals surface area contributed by atoms with Crippen molar-refractivity contribution in [3.63, 3.8) is 0 Å². The number of hydrogen-bond acceptors (Lipinski definition) is 5. The first-order valence-corrected chi connectivity index (χ1v) is 26.7. The van der Waals surface area contributed by atoms with Crippen LogP contribution in [0.15, 0.2) is 182 Å². The van der Waals surface area contributed by atoms with Crippen molar-refractivity contribution in [2.75, 3.05) is 5.75 Å². The maximum Gasteiger partial charge on any atom is 0.0288 e. The highest BCUT2D eigenvalue weighted by Crippen LogP contribution is 2.38. The summed E-state index contributed by atoms with van der Waals surface area (Å²) in [5.41, 5.74) is 23.2. The minimum atomic E-state index is 0.972. The molecule has 0 N–H and O–H groups in total. The van der Waals surface area contributed by atoms with Gasteiger partial charge < -0.3 is 0 Å². The van der Waals surface area contributed by atoms with Crippen molar-refractivity contribution in [1.82, 2.24) is 0 Å². The first-order valence-electron chi connectivity index (χ1n) is 20.6. The van der Waals surface area contributed by atoms with Crippen LogP contribution in [0.3, 0.4) is 0 Å². The largest absolute Gasteiger partial charge is 0.157 e. The van der Waals surface area contributed by atoms with Crippen LogP contribution in [0.2, 0.25) is 0 Å². The molecule has 8 aromatic rings. The summed E-state index contributed by atoms with van der Waals surface area (Å²) in [6.45, 7) is 0. The summed E-state index contributed by atoms with van der Waals surface area (Å²) in [4.78, 5) is 0. The lowest BCUT2D eigenvalue weighted by Crippen LogP contribution is -1.91. The van der Waals surface area contributed by atoms with E-state index in [-0.39, 0.29) is 0 Å². The Hall–Kier alpha value is -4.49. The van der Waals surface area contributed by atoms with Gasteiger partial charge in [0, 0.05) is 28.8 Å². The quantitative estimate of drug-likeness (QED) is 0.139. The van der Waals surface area contributed by atoms with Gasteiger partial charge in [0.05, 0.1) is 0 Å². The molecule has 27 heterocycles. The lowest BCUT2D eigenvalue weighted by Gasteiger charge is -2.13. The highest BCUT2D eigenvalue weighted by Gasteiger charge is 2.12. The summed E-state index contributed by atoms with van der Waals surface area (Å²) in [6, 6.07) is 69.7. The zero-order valence-electron chi connectivity index (χ0n) is 33.3. The number of benzene rings is 8. The Morgan fingerprint density at radius 1 is 0.217 bits per heavy atom. The van der Waals surface area contributed by atoms with Crippen molar-refractivity contribution in [3.8, 4) is 66.8 Å². The van der Waals surface area contributed by atoms with E-state index in [4.69, 9.17) is 0 Å². The molecule has 8 aromatic carbocycles. The van der Waals surface area contributed by atoms with E-state index in [2.05, 4.69) is 182 Å². The summed E-state index contributed by atoms with van der Waals surface area (Å²) >= 11 is 2.02. The molecule has 27 aliphatic rings. The maximum absolute atomic E-state index is 2.37. The Bertz CT molecular complexity index is 2180. The first kappa shape index (κ1) is 39.6. The summed E-state index contributed by atoms with van der Waals surface area (Å²) in [5, 5.41) is 0. The van der Waals surface area contributed by atoms with E-state index >= 15 is 0 Å². The fraction of sp³-hybridized carbons (Fsp3) is 0.127. The molecule has 27 aliphatic heterocycles. The lowest BCUT2D eigenvalue weighted by molar-refractivity contribution is 1.15. The SMILES string of the molecule is c1cc2ccc1CCSCc1ccc(cc1)-c1cc3cc(c1)-c1ccc(cc1)CSSCc1ccc(cc1)-c1cc-2cc(c1)-c1ccc(cc1)CSSCc1ccc-3cc1. The van der Waals surface area contributed by atoms with Gasteiger partial charge in [-0.05, 0) is 149 Å². The maximum atomic E-state index is 2.37. The van der Waals surface area contributed by atoms with Gasteiger partial charge >= 0.3 is 0 Å². The molecular formula is C55H44S5. The molecule has 0 radical (unpaired) electrons. The number of thioether (sulfide) groups is 1. The summed E-state index contributed by atoms with van der Waals surface area (Å²) < 4.78 is 0. The molecule has 0 aliphatic carbocycles. The normalized spacial score (nSPS) is 14.2. The van der Waals surface area contributed by atoms with Crippen LogP contribution in [0.25, 0.3) is 66.8 Å². The van der Waals surface area contributed by atoms with Crippen molar-refractivity contribution >= 4 is 54.9 Å². The van der Waals surface area contributed by atoms with Crippen LogP contribution < -0.4 is 0 Å². The van der Waals surface area contributed by atoms with E-state index in [0.29, 0.717) is 0 Å². The Balaban J connectivity index is 1.06. The van der Waals surface area contributed by atoms with Crippen molar-refractivity contribution in [3.05, 3.63) is 215 Å². The predicted molar refractivity (Wildman–Crippen MR) is 271 cm³/mol. The third-order valence-electron chi connectivity index (χ3n) is 11.5. The molecule has 5 heteroatoms. The molecule has 0 aromatic heterocycles. The Morgan fingerprint density at radius 2 is 0.433 bits per heavy atom. The summed E-state index contributed by atoms with van der Waals surface area (Å²) in [6.07, 6.45) is 1.05. The highest BCUT2D eigenvalue weighted by molar-refractivity contribution is 8.76. The lowest BCUT2D eigenvalue weighted by atomic mass is 9.92. The molecule has 0 unspecified atom stereocenters. The molecule has 0 saturated heterocycles. The molecule has 0 fully saturated rings. The summed E-state index contributed by atoms with van der Waals surface area (Å²) in [5.74, 6) is 5.98. The topological polar surface area (TPSA) is 0 Å². The van der Waals surface area contributed by atoms with E-state index in [9.17, 15) is 0 Å². The fourth-order valence-electron chi connectivity index (χ4n) is 7.91. The van der Waals surface area contributed by atoms with Gasteiger partial charge in [0.1, 0.15) is 0 Å². The molecule has 0 saturated carbocycles. The predicted octanol–water partition coefficient (Wildman–Crippen LogP) is 17.0. The van der Waals surface area contributed by atoms with Crippen LogP contribution >= 0.6 is 54.9 Å². The van der Waals surface area contributed by atoms with E-state index in [1.807, 2.05) is 54.9 Å². The van der Waals surface area contributed by atoms with E-state index in [0.717, 1.165) is 40.9 Å². The van der Waals surface area contributed by atoms with E-state index in [1.165, 1.54) is 100 Å². The van der Waals surface area contributed by atoms with Crippen molar-refractivity contribution < 1.29 is 0 Å². The standard InChI is InChI=1S/C55H44S5/c1-13-44-14-2-38(1)25-26-56-33-39-3-15-45(16-4-39)51-29-54-32-55(30-51)49-23-11-43(12-24-49)37-60-58-35-41-7-19-47(20-8-41)53-28-50(44)27-52(31-53)46-17-5-40(6-18-46)34-57-59-36-42-9-21-48(54)22-10-42/h1-24,27-32H,25-26,33-37H2. The molecule has 294 valence electrons. The first-order chi connectivity index (χ1) is 29.6. The van der Waals surface area contributed by atoms with Gasteiger partial charge in [-0.1, -0.05) is 189 Å². The molecule has 0 spiro atoms. The van der Waals surface area contributed by atoms with Crippen molar-refractivity contribution in [1.29, 1.82) is 0 Å². The van der Waals surface area contributed by atoms with Crippen LogP contribution in [0.4, 0.5) is 0 Å². The van der Waals surface area contributed by atoms with Crippen LogP contribution in [0.5, 0.6) is 0 Å². The smallest absolute Gasteiger partial charge is 0.0288 e. The van der Waals surface area contributed by atoms with Gasteiger partial charge in [-0.2, -0.15) is 11.8 Å². The van der Waals surface area contributed by atoms with E-state index in [1.54, 1.807) is 0 Å². The second-order valence-electron chi connectivity index (χ2n) is 15.6. The number of aryl methyl sites for hydroxylation is 1. The highest BCUT2D eigenvalue weighted by atomic mass is 33.1. The second kappa shape index (κ2) is 18.6. The van der Waals surface area contributed by atoms with Gasteiger partial charge in [-0.3, -0.25) is 0 Å². The number of rotatable bonds is 0. The Morgan fingerprint density at radius 3 is 0.683 bits per heavy atom. The number of hydrogen-bond donors (Lipinski definition) is 0. The molecule has 18 bridgehead atoms. The van der Waals surface area contributed by atoms with Crippen LogP contribution in [-0.4, -0.2) is 5.75 Å². The van der Waals surface area contributed by atoms with Crippen LogP contribution in [0, 0.1) is 0 Å².